The number of amides is 1. The fraction of sp³-hybridized carbons (Fsp3) is 0.400. The molecule has 1 amide bonds. The molecule has 0 bridgehead atoms. The van der Waals surface area contributed by atoms with Crippen molar-refractivity contribution in [2.45, 2.75) is 19.0 Å². The first-order valence-corrected chi connectivity index (χ1v) is 7.47. The number of aromatic amines is 1. The molecule has 1 unspecified atom stereocenters. The van der Waals surface area contributed by atoms with E-state index in [0.717, 1.165) is 16.8 Å². The molecule has 1 aromatic carbocycles. The van der Waals surface area contributed by atoms with Gasteiger partial charge < -0.3 is 5.32 Å². The molecule has 0 fully saturated rings. The Morgan fingerprint density at radius 1 is 1.35 bits per heavy atom. The Balaban J connectivity index is 2.09. The van der Waals surface area contributed by atoms with Crippen molar-refractivity contribution in [2.24, 2.45) is 13.0 Å². The Labute approximate surface area is 144 Å². The molecule has 1 heterocycles. The van der Waals surface area contributed by atoms with Gasteiger partial charge in [0, 0.05) is 26.1 Å². The van der Waals surface area contributed by atoms with E-state index in [1.807, 2.05) is 0 Å². The number of H-pyrrole nitrogens is 1. The van der Waals surface area contributed by atoms with Crippen LogP contribution in [0.15, 0.2) is 23.0 Å². The van der Waals surface area contributed by atoms with Gasteiger partial charge in [-0.05, 0) is 24.0 Å². The lowest BCUT2D eigenvalue weighted by Crippen LogP contribution is -2.33. The summed E-state index contributed by atoms with van der Waals surface area (Å²) in [4.78, 5) is 25.2. The van der Waals surface area contributed by atoms with Crippen LogP contribution >= 0.6 is 0 Å². The number of hydrogen-bond acceptors (Lipinski definition) is 3. The van der Waals surface area contributed by atoms with Crippen LogP contribution in [0, 0.1) is 17.6 Å². The molecule has 2 aromatic rings. The summed E-state index contributed by atoms with van der Waals surface area (Å²) in [6.45, 7) is -0.437. The van der Waals surface area contributed by atoms with E-state index in [2.05, 4.69) is 15.4 Å². The van der Waals surface area contributed by atoms with Gasteiger partial charge in [-0.15, -0.1) is 5.10 Å². The van der Waals surface area contributed by atoms with Gasteiger partial charge in [-0.1, -0.05) is 6.07 Å². The highest BCUT2D eigenvalue weighted by Crippen LogP contribution is 2.27. The van der Waals surface area contributed by atoms with Gasteiger partial charge in [0.25, 0.3) is 5.91 Å². The van der Waals surface area contributed by atoms with Crippen molar-refractivity contribution < 1.29 is 26.7 Å². The zero-order valence-corrected chi connectivity index (χ0v) is 13.5. The molecule has 0 aliphatic carbocycles. The van der Waals surface area contributed by atoms with E-state index in [1.165, 1.54) is 7.05 Å². The number of nitrogens with one attached hydrogen (secondary N) is 2. The maximum Gasteiger partial charge on any atom is 0.389 e. The molecular weight excluding hydrogens is 363 g/mol. The minimum absolute atomic E-state index is 0.0962. The Morgan fingerprint density at radius 2 is 2.04 bits per heavy atom. The molecular formula is C15H15F5N4O2. The van der Waals surface area contributed by atoms with Crippen LogP contribution in [0.4, 0.5) is 22.0 Å². The highest BCUT2D eigenvalue weighted by molar-refractivity contribution is 5.90. The number of benzene rings is 1. The monoisotopic (exact) mass is 378 g/mol. The first-order chi connectivity index (χ1) is 12.0. The molecule has 2 rings (SSSR count). The van der Waals surface area contributed by atoms with Crippen LogP contribution in [0.1, 0.15) is 22.6 Å². The minimum Gasteiger partial charge on any atom is -0.349 e. The predicted molar refractivity (Wildman–Crippen MR) is 80.4 cm³/mol. The van der Waals surface area contributed by atoms with Crippen LogP contribution in [0.3, 0.4) is 0 Å². The second-order valence-electron chi connectivity index (χ2n) is 5.74. The summed E-state index contributed by atoms with van der Waals surface area (Å²) in [5, 5.41) is 5.82. The average molecular weight is 378 g/mol. The van der Waals surface area contributed by atoms with Gasteiger partial charge in [-0.3, -0.25) is 9.78 Å². The molecule has 26 heavy (non-hydrogen) atoms. The van der Waals surface area contributed by atoms with Crippen LogP contribution in [0.5, 0.6) is 0 Å². The van der Waals surface area contributed by atoms with Gasteiger partial charge in [-0.25, -0.2) is 18.3 Å². The molecule has 1 aromatic heterocycles. The van der Waals surface area contributed by atoms with Crippen LogP contribution in [0.25, 0.3) is 0 Å². The number of aromatic nitrogens is 3. The van der Waals surface area contributed by atoms with Crippen molar-refractivity contribution in [1.29, 1.82) is 0 Å². The summed E-state index contributed by atoms with van der Waals surface area (Å²) in [5.74, 6) is -4.20. The van der Waals surface area contributed by atoms with Crippen molar-refractivity contribution in [3.8, 4) is 0 Å². The normalized spacial score (nSPS) is 12.8. The van der Waals surface area contributed by atoms with E-state index in [0.29, 0.717) is 6.07 Å². The van der Waals surface area contributed by atoms with E-state index >= 15 is 0 Å². The average Bonchev–Trinajstić information content (AvgIpc) is 2.85. The summed E-state index contributed by atoms with van der Waals surface area (Å²) < 4.78 is 65.7. The zero-order valence-electron chi connectivity index (χ0n) is 13.5. The van der Waals surface area contributed by atoms with Crippen LogP contribution < -0.4 is 11.0 Å². The quantitative estimate of drug-likeness (QED) is 0.754. The maximum absolute atomic E-state index is 13.7. The number of halogens is 5. The first kappa shape index (κ1) is 19.6. The number of nitrogens with zero attached hydrogens (tertiary/aromatic N) is 2. The highest BCUT2D eigenvalue weighted by atomic mass is 19.4. The van der Waals surface area contributed by atoms with Gasteiger partial charge in [-0.2, -0.15) is 13.2 Å². The smallest absolute Gasteiger partial charge is 0.349 e. The van der Waals surface area contributed by atoms with Crippen molar-refractivity contribution in [3.63, 3.8) is 0 Å². The third-order valence-electron chi connectivity index (χ3n) is 3.58. The lowest BCUT2D eigenvalue weighted by molar-refractivity contribution is -0.144. The van der Waals surface area contributed by atoms with E-state index in [4.69, 9.17) is 0 Å². The molecule has 0 aliphatic rings. The number of carbonyl (C=O) groups is 1. The molecule has 0 aliphatic heterocycles. The molecule has 6 nitrogen and oxygen atoms in total. The predicted octanol–water partition coefficient (Wildman–Crippen LogP) is 1.93. The first-order valence-electron chi connectivity index (χ1n) is 7.47. The molecule has 0 spiro atoms. The molecule has 2 N–H and O–H groups in total. The van der Waals surface area contributed by atoms with Gasteiger partial charge in [0.15, 0.2) is 0 Å². The number of hydrogen-bond donors (Lipinski definition) is 2. The Morgan fingerprint density at radius 3 is 2.58 bits per heavy atom. The fourth-order valence-corrected chi connectivity index (χ4v) is 2.37. The van der Waals surface area contributed by atoms with E-state index in [1.54, 1.807) is 0 Å². The fourth-order valence-electron chi connectivity index (χ4n) is 2.37. The Hall–Kier alpha value is -2.72. The van der Waals surface area contributed by atoms with E-state index in [9.17, 15) is 31.5 Å². The minimum atomic E-state index is -4.54. The van der Waals surface area contributed by atoms with Crippen molar-refractivity contribution in [2.75, 3.05) is 6.54 Å². The second kappa shape index (κ2) is 7.67. The summed E-state index contributed by atoms with van der Waals surface area (Å²) in [5.41, 5.74) is -0.753. The van der Waals surface area contributed by atoms with Gasteiger partial charge in [0.1, 0.15) is 11.6 Å². The topological polar surface area (TPSA) is 79.8 Å². The number of carbonyl (C=O) groups excluding carboxylic acids is 1. The third-order valence-corrected chi connectivity index (χ3v) is 3.58. The van der Waals surface area contributed by atoms with Crippen molar-refractivity contribution >= 4 is 5.91 Å². The molecule has 0 saturated carbocycles. The lowest BCUT2D eigenvalue weighted by atomic mass is 9.95. The zero-order chi connectivity index (χ0) is 19.5. The van der Waals surface area contributed by atoms with E-state index in [-0.39, 0.29) is 17.8 Å². The van der Waals surface area contributed by atoms with Crippen LogP contribution in [0.2, 0.25) is 0 Å². The van der Waals surface area contributed by atoms with Crippen LogP contribution in [-0.4, -0.2) is 33.4 Å². The van der Waals surface area contributed by atoms with Gasteiger partial charge in [0.2, 0.25) is 5.82 Å². The largest absolute Gasteiger partial charge is 0.389 e. The highest BCUT2D eigenvalue weighted by Gasteiger charge is 2.32. The summed E-state index contributed by atoms with van der Waals surface area (Å²) >= 11 is 0. The molecule has 11 heteroatoms. The standard InChI is InChI=1S/C15H15F5N4O2/c1-24-14(26)22-12(23-24)13(25)21-7-8(6-15(18,19)20)4-9-2-3-10(16)5-11(9)17/h2-3,5,8H,4,6-7H2,1H3,(H,21,25)(H,22,23,26). The maximum atomic E-state index is 13.7. The summed E-state index contributed by atoms with van der Waals surface area (Å²) in [6.07, 6.45) is -6.17. The lowest BCUT2D eigenvalue weighted by Gasteiger charge is -2.19. The van der Waals surface area contributed by atoms with Crippen molar-refractivity contribution in [3.05, 3.63) is 51.7 Å². The summed E-state index contributed by atoms with van der Waals surface area (Å²) in [7, 11) is 1.29. The number of rotatable bonds is 6. The molecule has 142 valence electrons. The molecule has 0 radical (unpaired) electrons. The second-order valence-corrected chi connectivity index (χ2v) is 5.74. The third kappa shape index (κ3) is 5.39. The van der Waals surface area contributed by atoms with Gasteiger partial charge >= 0.3 is 11.9 Å². The molecule has 0 saturated heterocycles. The van der Waals surface area contributed by atoms with Gasteiger partial charge in [0.05, 0.1) is 0 Å². The Kier molecular flexibility index (Phi) is 5.78. The number of aryl methyl sites for hydroxylation is 1. The Bertz CT molecular complexity index is 843. The SMILES string of the molecule is Cn1nc(C(=O)NCC(Cc2ccc(F)cc2F)CC(F)(F)F)[nH]c1=O. The molecule has 1 atom stereocenters. The number of alkyl halides is 3. The van der Waals surface area contributed by atoms with Crippen LogP contribution in [-0.2, 0) is 13.5 Å². The summed E-state index contributed by atoms with van der Waals surface area (Å²) in [6, 6.07) is 2.59. The van der Waals surface area contributed by atoms with Crippen molar-refractivity contribution in [1.82, 2.24) is 20.1 Å². The van der Waals surface area contributed by atoms with E-state index < -0.39 is 48.3 Å².